The minimum atomic E-state index is -3.32. The van der Waals surface area contributed by atoms with Crippen molar-refractivity contribution in [3.05, 3.63) is 28.2 Å². The highest BCUT2D eigenvalue weighted by Gasteiger charge is 2.15. The third-order valence-corrected chi connectivity index (χ3v) is 5.14. The lowest BCUT2D eigenvalue weighted by molar-refractivity contribution is 0.0955. The highest BCUT2D eigenvalue weighted by atomic mass is 79.9. The van der Waals surface area contributed by atoms with Crippen LogP contribution in [0.15, 0.2) is 22.7 Å². The summed E-state index contributed by atoms with van der Waals surface area (Å²) >= 11 is 3.27. The smallest absolute Gasteiger partial charge is 0.252 e. The molecule has 8 heteroatoms. The minimum Gasteiger partial charge on any atom is -0.497 e. The van der Waals surface area contributed by atoms with Gasteiger partial charge in [0.15, 0.2) is 0 Å². The van der Waals surface area contributed by atoms with E-state index >= 15 is 0 Å². The van der Waals surface area contributed by atoms with E-state index in [4.69, 9.17) is 4.74 Å². The molecule has 0 aromatic heterocycles. The van der Waals surface area contributed by atoms with Crippen LogP contribution in [0.5, 0.6) is 5.75 Å². The van der Waals surface area contributed by atoms with Gasteiger partial charge in [-0.3, -0.25) is 4.79 Å². The fraction of sp³-hybridized carbons (Fsp3) is 0.417. The summed E-state index contributed by atoms with van der Waals surface area (Å²) in [5, 5.41) is 2.57. The summed E-state index contributed by atoms with van der Waals surface area (Å²) < 4.78 is 29.9. The molecule has 0 aliphatic rings. The molecule has 0 spiro atoms. The molecule has 6 nitrogen and oxygen atoms in total. The highest BCUT2D eigenvalue weighted by Crippen LogP contribution is 2.22. The van der Waals surface area contributed by atoms with Crippen molar-refractivity contribution in [2.24, 2.45) is 0 Å². The molecule has 1 N–H and O–H groups in total. The van der Waals surface area contributed by atoms with Gasteiger partial charge in [0.05, 0.1) is 18.4 Å². The summed E-state index contributed by atoms with van der Waals surface area (Å²) in [5.41, 5.74) is 0.395. The van der Waals surface area contributed by atoms with Gasteiger partial charge in [0.2, 0.25) is 10.0 Å². The maximum atomic E-state index is 12.0. The predicted molar refractivity (Wildman–Crippen MR) is 80.5 cm³/mol. The van der Waals surface area contributed by atoms with Crippen LogP contribution in [0.4, 0.5) is 0 Å². The first-order valence-electron chi connectivity index (χ1n) is 5.80. The molecular weight excluding hydrogens is 348 g/mol. The zero-order chi connectivity index (χ0) is 15.3. The van der Waals surface area contributed by atoms with Crippen molar-refractivity contribution in [3.63, 3.8) is 0 Å². The van der Waals surface area contributed by atoms with Crippen LogP contribution in [-0.4, -0.2) is 52.1 Å². The van der Waals surface area contributed by atoms with Crippen LogP contribution in [0.25, 0.3) is 0 Å². The van der Waals surface area contributed by atoms with Crippen molar-refractivity contribution in [1.29, 1.82) is 0 Å². The Kier molecular flexibility index (Phi) is 5.97. The van der Waals surface area contributed by atoms with E-state index in [-0.39, 0.29) is 18.2 Å². The van der Waals surface area contributed by atoms with E-state index in [9.17, 15) is 13.2 Å². The van der Waals surface area contributed by atoms with Crippen molar-refractivity contribution in [1.82, 2.24) is 9.62 Å². The van der Waals surface area contributed by atoms with E-state index in [0.717, 1.165) is 4.31 Å². The van der Waals surface area contributed by atoms with Crippen LogP contribution in [0.1, 0.15) is 10.4 Å². The zero-order valence-corrected chi connectivity index (χ0v) is 13.9. The molecule has 0 aliphatic heterocycles. The van der Waals surface area contributed by atoms with Crippen LogP contribution in [0, 0.1) is 0 Å². The van der Waals surface area contributed by atoms with Crippen LogP contribution in [0.3, 0.4) is 0 Å². The summed E-state index contributed by atoms with van der Waals surface area (Å²) in [7, 11) is 1.10. The summed E-state index contributed by atoms with van der Waals surface area (Å²) in [4.78, 5) is 12.0. The monoisotopic (exact) mass is 364 g/mol. The Labute approximate surface area is 127 Å². The Bertz CT molecular complexity index is 587. The van der Waals surface area contributed by atoms with Gasteiger partial charge in [0.1, 0.15) is 5.75 Å². The number of nitrogens with zero attached hydrogens (tertiary/aromatic N) is 1. The van der Waals surface area contributed by atoms with Gasteiger partial charge in [0, 0.05) is 25.1 Å². The average Bonchev–Trinajstić information content (AvgIpc) is 2.38. The molecule has 0 fully saturated rings. The fourth-order valence-electron chi connectivity index (χ4n) is 1.38. The second-order valence-electron chi connectivity index (χ2n) is 4.20. The molecule has 1 aromatic carbocycles. The molecule has 1 rings (SSSR count). The Hall–Kier alpha value is -1.12. The Morgan fingerprint density at radius 1 is 1.40 bits per heavy atom. The number of methoxy groups -OCH3 is 1. The number of halogens is 1. The van der Waals surface area contributed by atoms with Crippen LogP contribution >= 0.6 is 15.9 Å². The highest BCUT2D eigenvalue weighted by molar-refractivity contribution is 9.10. The number of carbonyl (C=O) groups is 1. The fourth-order valence-corrected chi connectivity index (χ4v) is 2.53. The van der Waals surface area contributed by atoms with E-state index in [1.165, 1.54) is 21.2 Å². The maximum absolute atomic E-state index is 12.0. The summed E-state index contributed by atoms with van der Waals surface area (Å²) in [6.45, 7) is 0.0446. The van der Waals surface area contributed by atoms with Crippen molar-refractivity contribution in [3.8, 4) is 5.75 Å². The van der Waals surface area contributed by atoms with Crippen LogP contribution in [-0.2, 0) is 10.0 Å². The normalized spacial score (nSPS) is 11.4. The van der Waals surface area contributed by atoms with Gasteiger partial charge in [-0.1, -0.05) is 0 Å². The first-order valence-corrected chi connectivity index (χ1v) is 8.20. The standard InChI is InChI=1S/C12H17BrN2O4S/c1-15(2)20(17,18)7-6-14-12(16)10-8-9(19-3)4-5-11(10)13/h4-5,8H,6-7H2,1-3H3,(H,14,16). The molecule has 0 saturated carbocycles. The number of sulfonamides is 1. The molecule has 1 aromatic rings. The first-order chi connectivity index (χ1) is 9.27. The molecule has 0 radical (unpaired) electrons. The van der Waals surface area contributed by atoms with Crippen LogP contribution < -0.4 is 10.1 Å². The number of rotatable bonds is 6. The van der Waals surface area contributed by atoms with Gasteiger partial charge in [-0.2, -0.15) is 0 Å². The van der Waals surface area contributed by atoms with E-state index in [1.807, 2.05) is 0 Å². The Morgan fingerprint density at radius 3 is 2.60 bits per heavy atom. The predicted octanol–water partition coefficient (Wildman–Crippen LogP) is 1.08. The number of amides is 1. The van der Waals surface area contributed by atoms with Gasteiger partial charge in [-0.05, 0) is 34.1 Å². The van der Waals surface area contributed by atoms with Gasteiger partial charge >= 0.3 is 0 Å². The lowest BCUT2D eigenvalue weighted by atomic mass is 10.2. The zero-order valence-electron chi connectivity index (χ0n) is 11.5. The Balaban J connectivity index is 2.69. The third-order valence-electron chi connectivity index (χ3n) is 2.62. The molecule has 0 aliphatic carbocycles. The number of ether oxygens (including phenoxy) is 1. The van der Waals surface area contributed by atoms with Gasteiger partial charge in [-0.15, -0.1) is 0 Å². The molecule has 0 saturated heterocycles. The quantitative estimate of drug-likeness (QED) is 0.819. The molecule has 1 amide bonds. The van der Waals surface area contributed by atoms with Crippen molar-refractivity contribution in [2.45, 2.75) is 0 Å². The molecule has 0 unspecified atom stereocenters. The minimum absolute atomic E-state index is 0.0446. The summed E-state index contributed by atoms with van der Waals surface area (Å²) in [6.07, 6.45) is 0. The molecule has 0 bridgehead atoms. The molecule has 0 atom stereocenters. The van der Waals surface area contributed by atoms with Gasteiger partial charge < -0.3 is 10.1 Å². The lowest BCUT2D eigenvalue weighted by Crippen LogP contribution is -2.34. The van der Waals surface area contributed by atoms with Crippen molar-refractivity contribution >= 4 is 31.9 Å². The maximum Gasteiger partial charge on any atom is 0.252 e. The van der Waals surface area contributed by atoms with E-state index < -0.39 is 10.0 Å². The third kappa shape index (κ3) is 4.46. The number of nitrogens with one attached hydrogen (secondary N) is 1. The largest absolute Gasteiger partial charge is 0.497 e. The van der Waals surface area contributed by atoms with Crippen molar-refractivity contribution in [2.75, 3.05) is 33.5 Å². The number of hydrogen-bond acceptors (Lipinski definition) is 4. The van der Waals surface area contributed by atoms with E-state index in [0.29, 0.717) is 15.8 Å². The van der Waals surface area contributed by atoms with Gasteiger partial charge in [0.25, 0.3) is 5.91 Å². The number of carbonyl (C=O) groups excluding carboxylic acids is 1. The topological polar surface area (TPSA) is 75.7 Å². The van der Waals surface area contributed by atoms with E-state index in [2.05, 4.69) is 21.2 Å². The molecule has 20 heavy (non-hydrogen) atoms. The number of benzene rings is 1. The molecule has 0 heterocycles. The lowest BCUT2D eigenvalue weighted by Gasteiger charge is -2.12. The van der Waals surface area contributed by atoms with E-state index in [1.54, 1.807) is 18.2 Å². The molecule has 112 valence electrons. The molecular formula is C12H17BrN2O4S. The first kappa shape index (κ1) is 16.9. The number of hydrogen-bond donors (Lipinski definition) is 1. The van der Waals surface area contributed by atoms with Crippen molar-refractivity contribution < 1.29 is 17.9 Å². The van der Waals surface area contributed by atoms with Gasteiger partial charge in [-0.25, -0.2) is 12.7 Å². The van der Waals surface area contributed by atoms with Crippen LogP contribution in [0.2, 0.25) is 0 Å². The average molecular weight is 365 g/mol. The second-order valence-corrected chi connectivity index (χ2v) is 7.36. The summed E-state index contributed by atoms with van der Waals surface area (Å²) in [5.74, 6) is 0.0526. The second kappa shape index (κ2) is 7.05. The Morgan fingerprint density at radius 2 is 2.05 bits per heavy atom. The SMILES string of the molecule is COc1ccc(Br)c(C(=O)NCCS(=O)(=O)N(C)C)c1. The summed E-state index contributed by atoms with van der Waals surface area (Å²) in [6, 6.07) is 5.00.